The van der Waals surface area contributed by atoms with Gasteiger partial charge in [0, 0.05) is 25.5 Å². The summed E-state index contributed by atoms with van der Waals surface area (Å²) in [5.74, 6) is 0.320. The lowest BCUT2D eigenvalue weighted by atomic mass is 10.1. The van der Waals surface area contributed by atoms with Crippen molar-refractivity contribution in [2.24, 2.45) is 0 Å². The first-order valence-electron chi connectivity index (χ1n) is 10.0. The van der Waals surface area contributed by atoms with Crippen molar-refractivity contribution in [1.29, 1.82) is 0 Å². The molecule has 0 atom stereocenters. The Morgan fingerprint density at radius 1 is 1.10 bits per heavy atom. The zero-order chi connectivity index (χ0) is 21.6. The molecule has 6 nitrogen and oxygen atoms in total. The molecule has 0 aliphatic rings. The van der Waals surface area contributed by atoms with Gasteiger partial charge in [0.2, 0.25) is 0 Å². The summed E-state index contributed by atoms with van der Waals surface area (Å²) in [6.45, 7) is 2.95. The van der Waals surface area contributed by atoms with Gasteiger partial charge in [-0.15, -0.1) is 11.3 Å². The van der Waals surface area contributed by atoms with Crippen LogP contribution in [-0.4, -0.2) is 33.9 Å². The summed E-state index contributed by atoms with van der Waals surface area (Å²) < 4.78 is 13.8. The monoisotopic (exact) mass is 435 g/mol. The lowest BCUT2D eigenvalue weighted by Crippen LogP contribution is -2.25. The van der Waals surface area contributed by atoms with E-state index in [0.717, 1.165) is 21.3 Å². The van der Waals surface area contributed by atoms with Crippen LogP contribution in [0.25, 0.3) is 10.2 Å². The second kappa shape index (κ2) is 9.61. The van der Waals surface area contributed by atoms with Gasteiger partial charge in [-0.05, 0) is 48.6 Å². The van der Waals surface area contributed by atoms with Gasteiger partial charge in [0.1, 0.15) is 22.8 Å². The number of amides is 1. The smallest absolute Gasteiger partial charge is 0.261 e. The first-order valence-corrected chi connectivity index (χ1v) is 10.8. The minimum atomic E-state index is -0.214. The minimum absolute atomic E-state index is 0.123. The Morgan fingerprint density at radius 2 is 1.97 bits per heavy atom. The number of hydrogen-bond donors (Lipinski definition) is 2. The number of nitrogens with one attached hydrogen (secondary N) is 2. The summed E-state index contributed by atoms with van der Waals surface area (Å²) in [6, 6.07) is 10.6. The van der Waals surface area contributed by atoms with Crippen LogP contribution in [0.15, 0.2) is 55.1 Å². The van der Waals surface area contributed by atoms with Crippen molar-refractivity contribution in [2.75, 3.05) is 18.4 Å². The molecule has 0 spiro atoms. The third-order valence-electron chi connectivity index (χ3n) is 5.00. The van der Waals surface area contributed by atoms with Crippen molar-refractivity contribution < 1.29 is 9.18 Å². The van der Waals surface area contributed by atoms with E-state index in [1.54, 1.807) is 24.5 Å². The summed E-state index contributed by atoms with van der Waals surface area (Å²) in [6.07, 6.45) is 6.25. The van der Waals surface area contributed by atoms with Crippen molar-refractivity contribution in [3.63, 3.8) is 0 Å². The number of carbonyl (C=O) groups is 1. The Hall–Kier alpha value is -3.39. The zero-order valence-corrected chi connectivity index (χ0v) is 17.9. The van der Waals surface area contributed by atoms with Crippen LogP contribution in [0.3, 0.4) is 0 Å². The van der Waals surface area contributed by atoms with Gasteiger partial charge < -0.3 is 10.6 Å². The van der Waals surface area contributed by atoms with Crippen molar-refractivity contribution in [3.05, 3.63) is 82.5 Å². The number of fused-ring (bicyclic) bond motifs is 1. The first-order chi connectivity index (χ1) is 15.1. The molecule has 2 N–H and O–H groups in total. The molecule has 0 unspecified atom stereocenters. The van der Waals surface area contributed by atoms with Gasteiger partial charge in [-0.25, -0.2) is 14.4 Å². The number of halogens is 1. The predicted octanol–water partition coefficient (Wildman–Crippen LogP) is 4.16. The Bertz CT molecular complexity index is 1200. The van der Waals surface area contributed by atoms with Crippen molar-refractivity contribution in [3.8, 4) is 0 Å². The molecule has 0 saturated heterocycles. The van der Waals surface area contributed by atoms with E-state index >= 15 is 0 Å². The van der Waals surface area contributed by atoms with Crippen molar-refractivity contribution >= 4 is 33.3 Å². The molecule has 4 rings (SSSR count). The van der Waals surface area contributed by atoms with E-state index in [4.69, 9.17) is 0 Å². The average Bonchev–Trinajstić information content (AvgIpc) is 3.13. The molecule has 0 aliphatic heterocycles. The Labute approximate surface area is 183 Å². The molecule has 3 aromatic heterocycles. The van der Waals surface area contributed by atoms with E-state index in [2.05, 4.69) is 25.6 Å². The van der Waals surface area contributed by atoms with Gasteiger partial charge in [0.15, 0.2) is 0 Å². The van der Waals surface area contributed by atoms with E-state index < -0.39 is 0 Å². The van der Waals surface area contributed by atoms with Crippen LogP contribution in [0.5, 0.6) is 0 Å². The van der Waals surface area contributed by atoms with Crippen molar-refractivity contribution in [2.45, 2.75) is 19.8 Å². The lowest BCUT2D eigenvalue weighted by Gasteiger charge is -2.08. The third-order valence-corrected chi connectivity index (χ3v) is 6.20. The number of hydrogen-bond acceptors (Lipinski definition) is 6. The number of benzene rings is 1. The van der Waals surface area contributed by atoms with Crippen LogP contribution in [0.1, 0.15) is 26.4 Å². The fourth-order valence-electron chi connectivity index (χ4n) is 3.39. The molecular weight excluding hydrogens is 413 g/mol. The van der Waals surface area contributed by atoms with E-state index in [-0.39, 0.29) is 11.7 Å². The summed E-state index contributed by atoms with van der Waals surface area (Å²) in [5, 5.41) is 7.08. The Balaban J connectivity index is 1.44. The van der Waals surface area contributed by atoms with Gasteiger partial charge in [-0.3, -0.25) is 9.78 Å². The fourth-order valence-corrected chi connectivity index (χ4v) is 4.45. The molecule has 1 aromatic carbocycles. The molecule has 31 heavy (non-hydrogen) atoms. The Morgan fingerprint density at radius 3 is 2.77 bits per heavy atom. The van der Waals surface area contributed by atoms with E-state index in [0.29, 0.717) is 42.2 Å². The normalized spacial score (nSPS) is 10.9. The molecule has 0 radical (unpaired) electrons. The highest BCUT2D eigenvalue weighted by atomic mass is 32.1. The van der Waals surface area contributed by atoms with Crippen LogP contribution >= 0.6 is 11.3 Å². The molecule has 158 valence electrons. The number of anilines is 1. The average molecular weight is 436 g/mol. The van der Waals surface area contributed by atoms with Gasteiger partial charge in [-0.2, -0.15) is 0 Å². The first kappa shape index (κ1) is 20.9. The number of carbonyl (C=O) groups excluding carboxylic acids is 1. The highest BCUT2D eigenvalue weighted by Crippen LogP contribution is 2.33. The number of aryl methyl sites for hydroxylation is 1. The van der Waals surface area contributed by atoms with Crippen LogP contribution in [0, 0.1) is 12.7 Å². The lowest BCUT2D eigenvalue weighted by molar-refractivity contribution is 0.0957. The van der Waals surface area contributed by atoms with Gasteiger partial charge in [-0.1, -0.05) is 24.3 Å². The largest absolute Gasteiger partial charge is 0.369 e. The molecule has 0 fully saturated rings. The second-order valence-electron chi connectivity index (χ2n) is 7.09. The molecular formula is C23H22FN5OS. The molecule has 0 aliphatic carbocycles. The third kappa shape index (κ3) is 4.86. The van der Waals surface area contributed by atoms with Gasteiger partial charge >= 0.3 is 0 Å². The van der Waals surface area contributed by atoms with Crippen LogP contribution in [-0.2, 0) is 12.8 Å². The maximum Gasteiger partial charge on any atom is 0.261 e. The molecule has 0 bridgehead atoms. The second-order valence-corrected chi connectivity index (χ2v) is 8.09. The number of thiophene rings is 1. The molecule has 3 heterocycles. The Kier molecular flexibility index (Phi) is 6.47. The molecule has 8 heteroatoms. The van der Waals surface area contributed by atoms with E-state index in [9.17, 15) is 9.18 Å². The predicted molar refractivity (Wildman–Crippen MR) is 121 cm³/mol. The maximum atomic E-state index is 13.8. The summed E-state index contributed by atoms with van der Waals surface area (Å²) in [7, 11) is 0. The molecule has 1 amide bonds. The molecule has 0 saturated carbocycles. The van der Waals surface area contributed by atoms with Crippen LogP contribution in [0.2, 0.25) is 0 Å². The van der Waals surface area contributed by atoms with Crippen molar-refractivity contribution in [1.82, 2.24) is 20.3 Å². The highest BCUT2D eigenvalue weighted by molar-refractivity contribution is 7.20. The summed E-state index contributed by atoms with van der Waals surface area (Å²) >= 11 is 1.35. The summed E-state index contributed by atoms with van der Waals surface area (Å²) in [5.41, 5.74) is 2.56. The summed E-state index contributed by atoms with van der Waals surface area (Å²) in [4.78, 5) is 26.9. The SMILES string of the molecule is Cc1c(C(=O)NCCc2cccnc2)sc2ncnc(NCCc3ccccc3F)c12. The maximum absolute atomic E-state index is 13.8. The van der Waals surface area contributed by atoms with E-state index in [1.165, 1.54) is 23.7 Å². The number of aromatic nitrogens is 3. The standard InChI is InChI=1S/C23H22FN5OS/c1-15-19-21(26-12-9-17-6-2-3-7-18(17)24)28-14-29-23(19)31-20(15)22(30)27-11-8-16-5-4-10-25-13-16/h2-7,10,13-14H,8-9,11-12H2,1H3,(H,27,30)(H,26,28,29). The van der Waals surface area contributed by atoms with Crippen LogP contribution in [0.4, 0.5) is 10.2 Å². The number of pyridine rings is 1. The zero-order valence-electron chi connectivity index (χ0n) is 17.1. The number of nitrogens with zero attached hydrogens (tertiary/aromatic N) is 3. The minimum Gasteiger partial charge on any atom is -0.369 e. The quantitative estimate of drug-likeness (QED) is 0.434. The number of rotatable bonds is 8. The van der Waals surface area contributed by atoms with E-state index in [1.807, 2.05) is 25.1 Å². The molecule has 4 aromatic rings. The van der Waals surface area contributed by atoms with Gasteiger partial charge in [0.25, 0.3) is 5.91 Å². The van der Waals surface area contributed by atoms with Crippen LogP contribution < -0.4 is 10.6 Å². The topological polar surface area (TPSA) is 79.8 Å². The highest BCUT2D eigenvalue weighted by Gasteiger charge is 2.19. The van der Waals surface area contributed by atoms with Gasteiger partial charge in [0.05, 0.1) is 10.3 Å². The fraction of sp³-hybridized carbons (Fsp3) is 0.217.